The molecule has 0 aliphatic heterocycles. The van der Waals surface area contributed by atoms with Crippen LogP contribution in [0.2, 0.25) is 0 Å². The highest BCUT2D eigenvalue weighted by Crippen LogP contribution is 1.90. The maximum atomic E-state index is 11.9. The molecule has 0 fully saturated rings. The summed E-state index contributed by atoms with van der Waals surface area (Å²) in [6, 6.07) is 0. The standard InChI is InChI=1S/C7H10FN/c1-3-5-9-6-4-7(2)8/h3-5H,1,6H2,2H3/b7-4+,9-5?. The summed E-state index contributed by atoms with van der Waals surface area (Å²) in [4.78, 5) is 3.77. The Balaban J connectivity index is 3.40. The van der Waals surface area contributed by atoms with E-state index < -0.39 is 0 Å². The fourth-order valence-electron chi connectivity index (χ4n) is 0.314. The fourth-order valence-corrected chi connectivity index (χ4v) is 0.314. The number of nitrogens with zero attached hydrogens (tertiary/aromatic N) is 1. The van der Waals surface area contributed by atoms with E-state index in [-0.39, 0.29) is 5.83 Å². The number of hydrogen-bond donors (Lipinski definition) is 0. The van der Waals surface area contributed by atoms with Crippen molar-refractivity contribution in [1.82, 2.24) is 0 Å². The molecule has 1 nitrogen and oxygen atoms in total. The van der Waals surface area contributed by atoms with Gasteiger partial charge in [0.05, 0.1) is 12.4 Å². The van der Waals surface area contributed by atoms with Gasteiger partial charge in [-0.25, -0.2) is 4.39 Å². The molecule has 0 bridgehead atoms. The summed E-state index contributed by atoms with van der Waals surface area (Å²) < 4.78 is 11.9. The van der Waals surface area contributed by atoms with Gasteiger partial charge in [0.1, 0.15) is 0 Å². The van der Waals surface area contributed by atoms with E-state index >= 15 is 0 Å². The second-order valence-corrected chi connectivity index (χ2v) is 1.54. The summed E-state index contributed by atoms with van der Waals surface area (Å²) in [5.74, 6) is -0.198. The van der Waals surface area contributed by atoms with Gasteiger partial charge in [-0.15, -0.1) is 0 Å². The fraction of sp³-hybridized carbons (Fsp3) is 0.286. The summed E-state index contributed by atoms with van der Waals surface area (Å²) in [5, 5.41) is 0. The van der Waals surface area contributed by atoms with Gasteiger partial charge >= 0.3 is 0 Å². The summed E-state index contributed by atoms with van der Waals surface area (Å²) in [6.07, 6.45) is 4.50. The monoisotopic (exact) mass is 127 g/mol. The van der Waals surface area contributed by atoms with Crippen molar-refractivity contribution >= 4 is 6.21 Å². The average Bonchev–Trinajstić information content (AvgIpc) is 1.80. The molecule has 0 amide bonds. The zero-order chi connectivity index (χ0) is 7.11. The maximum absolute atomic E-state index is 11.9. The molecule has 0 saturated carbocycles. The van der Waals surface area contributed by atoms with E-state index in [0.717, 1.165) is 0 Å². The smallest absolute Gasteiger partial charge is 0.0947 e. The van der Waals surface area contributed by atoms with E-state index in [1.54, 1.807) is 12.3 Å². The van der Waals surface area contributed by atoms with Crippen molar-refractivity contribution < 1.29 is 4.39 Å². The van der Waals surface area contributed by atoms with Gasteiger partial charge in [0.15, 0.2) is 0 Å². The molecule has 0 radical (unpaired) electrons. The van der Waals surface area contributed by atoms with Crippen LogP contribution in [0, 0.1) is 0 Å². The minimum absolute atomic E-state index is 0.198. The highest BCUT2D eigenvalue weighted by atomic mass is 19.1. The van der Waals surface area contributed by atoms with Crippen molar-refractivity contribution in [3.63, 3.8) is 0 Å². The Hall–Kier alpha value is -0.920. The third-order valence-corrected chi connectivity index (χ3v) is 0.689. The van der Waals surface area contributed by atoms with Crippen LogP contribution in [-0.4, -0.2) is 12.8 Å². The number of hydrogen-bond acceptors (Lipinski definition) is 1. The van der Waals surface area contributed by atoms with Gasteiger partial charge in [0.25, 0.3) is 0 Å². The predicted octanol–water partition coefficient (Wildman–Crippen LogP) is 2.12. The zero-order valence-corrected chi connectivity index (χ0v) is 5.47. The van der Waals surface area contributed by atoms with Crippen LogP contribution < -0.4 is 0 Å². The van der Waals surface area contributed by atoms with Crippen molar-refractivity contribution in [2.45, 2.75) is 6.92 Å². The molecule has 0 rings (SSSR count). The van der Waals surface area contributed by atoms with E-state index in [1.165, 1.54) is 13.0 Å². The molecule has 0 saturated heterocycles. The topological polar surface area (TPSA) is 12.4 Å². The molecule has 0 unspecified atom stereocenters. The normalized spacial score (nSPS) is 12.4. The van der Waals surface area contributed by atoms with Crippen molar-refractivity contribution in [2.75, 3.05) is 6.54 Å². The molecule has 0 N–H and O–H groups in total. The molecule has 0 aromatic heterocycles. The zero-order valence-electron chi connectivity index (χ0n) is 5.47. The van der Waals surface area contributed by atoms with E-state index in [2.05, 4.69) is 11.6 Å². The molecule has 0 aromatic carbocycles. The highest BCUT2D eigenvalue weighted by Gasteiger charge is 1.76. The van der Waals surface area contributed by atoms with E-state index in [4.69, 9.17) is 0 Å². The quantitative estimate of drug-likeness (QED) is 0.515. The van der Waals surface area contributed by atoms with E-state index in [1.807, 2.05) is 0 Å². The van der Waals surface area contributed by atoms with Gasteiger partial charge in [0, 0.05) is 6.21 Å². The molecule has 0 aliphatic carbocycles. The Morgan fingerprint density at radius 1 is 1.78 bits per heavy atom. The molecule has 9 heavy (non-hydrogen) atoms. The second-order valence-electron chi connectivity index (χ2n) is 1.54. The Morgan fingerprint density at radius 3 is 2.89 bits per heavy atom. The summed E-state index contributed by atoms with van der Waals surface area (Å²) in [5.41, 5.74) is 0. The third-order valence-electron chi connectivity index (χ3n) is 0.689. The molecule has 0 aromatic rings. The Kier molecular flexibility index (Phi) is 4.69. The molecular weight excluding hydrogens is 117 g/mol. The number of halogens is 1. The first-order valence-corrected chi connectivity index (χ1v) is 2.70. The molecule has 0 atom stereocenters. The van der Waals surface area contributed by atoms with Crippen molar-refractivity contribution in [3.05, 3.63) is 24.6 Å². The van der Waals surface area contributed by atoms with Gasteiger partial charge in [-0.3, -0.25) is 4.99 Å². The van der Waals surface area contributed by atoms with Gasteiger partial charge in [-0.2, -0.15) is 0 Å². The Morgan fingerprint density at radius 2 is 2.44 bits per heavy atom. The lowest BCUT2D eigenvalue weighted by molar-refractivity contribution is 0.636. The minimum Gasteiger partial charge on any atom is -0.289 e. The van der Waals surface area contributed by atoms with Gasteiger partial charge in [0.2, 0.25) is 0 Å². The lowest BCUT2D eigenvalue weighted by Gasteiger charge is -1.80. The van der Waals surface area contributed by atoms with Crippen molar-refractivity contribution in [3.8, 4) is 0 Å². The summed E-state index contributed by atoms with van der Waals surface area (Å²) in [6.45, 7) is 5.20. The van der Waals surface area contributed by atoms with Crippen LogP contribution in [0.25, 0.3) is 0 Å². The average molecular weight is 127 g/mol. The van der Waals surface area contributed by atoms with Crippen molar-refractivity contribution in [2.24, 2.45) is 4.99 Å². The van der Waals surface area contributed by atoms with Crippen molar-refractivity contribution in [1.29, 1.82) is 0 Å². The second kappa shape index (κ2) is 5.22. The van der Waals surface area contributed by atoms with E-state index in [0.29, 0.717) is 6.54 Å². The van der Waals surface area contributed by atoms with E-state index in [9.17, 15) is 4.39 Å². The molecule has 50 valence electrons. The van der Waals surface area contributed by atoms with Crippen LogP contribution in [0.4, 0.5) is 4.39 Å². The van der Waals surface area contributed by atoms with Crippen LogP contribution in [0.5, 0.6) is 0 Å². The first-order chi connectivity index (χ1) is 4.27. The van der Waals surface area contributed by atoms with Crippen LogP contribution in [0.1, 0.15) is 6.92 Å². The molecular formula is C7H10FN. The molecule has 2 heteroatoms. The Bertz CT molecular complexity index is 132. The van der Waals surface area contributed by atoms with Crippen LogP contribution >= 0.6 is 0 Å². The SMILES string of the molecule is C=CC=NC/C=C(\C)F. The maximum Gasteiger partial charge on any atom is 0.0947 e. The summed E-state index contributed by atoms with van der Waals surface area (Å²) in [7, 11) is 0. The number of aliphatic imine (C=N–C) groups is 1. The first kappa shape index (κ1) is 8.08. The third kappa shape index (κ3) is 7.08. The van der Waals surface area contributed by atoms with Crippen LogP contribution in [-0.2, 0) is 0 Å². The minimum atomic E-state index is -0.198. The molecule has 0 heterocycles. The Labute approximate surface area is 54.6 Å². The number of allylic oxidation sites excluding steroid dienone is 2. The van der Waals surface area contributed by atoms with Gasteiger partial charge < -0.3 is 0 Å². The van der Waals surface area contributed by atoms with Gasteiger partial charge in [-0.1, -0.05) is 12.7 Å². The van der Waals surface area contributed by atoms with Gasteiger partial charge in [-0.05, 0) is 13.0 Å². The summed E-state index contributed by atoms with van der Waals surface area (Å²) >= 11 is 0. The lowest BCUT2D eigenvalue weighted by Crippen LogP contribution is -1.73. The lowest BCUT2D eigenvalue weighted by atomic mass is 10.5. The first-order valence-electron chi connectivity index (χ1n) is 2.70. The number of rotatable bonds is 3. The van der Waals surface area contributed by atoms with Crippen LogP contribution in [0.3, 0.4) is 0 Å². The molecule has 0 aliphatic rings. The molecule has 0 spiro atoms. The van der Waals surface area contributed by atoms with Crippen LogP contribution in [0.15, 0.2) is 29.6 Å². The highest BCUT2D eigenvalue weighted by molar-refractivity contribution is 5.70. The largest absolute Gasteiger partial charge is 0.289 e. The predicted molar refractivity (Wildman–Crippen MR) is 38.4 cm³/mol.